The molecule has 146 valence electrons. The highest BCUT2D eigenvalue weighted by molar-refractivity contribution is 6.42. The maximum atomic E-state index is 12.7. The molecule has 0 atom stereocenters. The minimum atomic E-state index is -1.31. The van der Waals surface area contributed by atoms with Gasteiger partial charge in [-0.2, -0.15) is 5.10 Å². The van der Waals surface area contributed by atoms with Gasteiger partial charge in [-0.3, -0.25) is 9.48 Å². The quantitative estimate of drug-likeness (QED) is 0.621. The van der Waals surface area contributed by atoms with Gasteiger partial charge in [-0.1, -0.05) is 40.9 Å². The molecule has 0 spiro atoms. The van der Waals surface area contributed by atoms with E-state index >= 15 is 0 Å². The Morgan fingerprint density at radius 2 is 1.86 bits per heavy atom. The van der Waals surface area contributed by atoms with Gasteiger partial charge < -0.3 is 9.67 Å². The molecule has 0 fully saturated rings. The van der Waals surface area contributed by atoms with Crippen LogP contribution in [-0.4, -0.2) is 25.4 Å². The van der Waals surface area contributed by atoms with Crippen molar-refractivity contribution < 1.29 is 9.90 Å². The number of hydrogen-bond acceptors (Lipinski definition) is 3. The molecular weight excluding hydrogens is 425 g/mol. The van der Waals surface area contributed by atoms with Crippen molar-refractivity contribution in [2.45, 2.75) is 26.9 Å². The molecule has 1 aromatic carbocycles. The molecular formula is C19H16Cl3N3O3. The van der Waals surface area contributed by atoms with Gasteiger partial charge in [-0.15, -0.1) is 0 Å². The Hall–Kier alpha value is -2.28. The maximum absolute atomic E-state index is 12.7. The van der Waals surface area contributed by atoms with Crippen LogP contribution < -0.4 is 5.43 Å². The largest absolute Gasteiger partial charge is 0.477 e. The van der Waals surface area contributed by atoms with Gasteiger partial charge in [-0.25, -0.2) is 4.79 Å². The number of carboxylic acid groups (broad SMARTS) is 1. The van der Waals surface area contributed by atoms with Crippen molar-refractivity contribution >= 4 is 40.8 Å². The SMILES string of the molecule is CCn1c(Cn2ncc(Cl)c2C)cc(=O)c(C(=O)O)c1-c1ccc(Cl)c(Cl)c1. The van der Waals surface area contributed by atoms with Crippen molar-refractivity contribution in [3.05, 3.63) is 72.7 Å². The summed E-state index contributed by atoms with van der Waals surface area (Å²) in [7, 11) is 0. The van der Waals surface area contributed by atoms with Crippen molar-refractivity contribution in [2.24, 2.45) is 0 Å². The van der Waals surface area contributed by atoms with Gasteiger partial charge in [0.1, 0.15) is 5.56 Å². The second-order valence-electron chi connectivity index (χ2n) is 6.14. The van der Waals surface area contributed by atoms with Crippen LogP contribution in [0.3, 0.4) is 0 Å². The smallest absolute Gasteiger partial charge is 0.341 e. The Labute approximate surface area is 175 Å². The van der Waals surface area contributed by atoms with Crippen molar-refractivity contribution in [3.8, 4) is 11.3 Å². The predicted octanol–water partition coefficient (Wildman–Crippen LogP) is 4.75. The summed E-state index contributed by atoms with van der Waals surface area (Å²) in [5.74, 6) is -1.31. The third-order valence-electron chi connectivity index (χ3n) is 4.48. The van der Waals surface area contributed by atoms with Crippen LogP contribution in [0.2, 0.25) is 15.1 Å². The average molecular weight is 441 g/mol. The van der Waals surface area contributed by atoms with Gasteiger partial charge >= 0.3 is 5.97 Å². The van der Waals surface area contributed by atoms with Crippen LogP contribution in [-0.2, 0) is 13.1 Å². The van der Waals surface area contributed by atoms with Crippen molar-refractivity contribution in [2.75, 3.05) is 0 Å². The molecule has 9 heteroatoms. The highest BCUT2D eigenvalue weighted by atomic mass is 35.5. The number of carbonyl (C=O) groups is 1. The molecule has 3 rings (SSSR count). The molecule has 0 saturated heterocycles. The molecule has 1 N–H and O–H groups in total. The van der Waals surface area contributed by atoms with Gasteiger partial charge in [0.15, 0.2) is 5.43 Å². The first-order valence-electron chi connectivity index (χ1n) is 8.37. The van der Waals surface area contributed by atoms with E-state index in [4.69, 9.17) is 34.8 Å². The average Bonchev–Trinajstić information content (AvgIpc) is 2.95. The first-order chi connectivity index (χ1) is 13.2. The number of aromatic carboxylic acids is 1. The lowest BCUT2D eigenvalue weighted by atomic mass is 10.0. The number of nitrogens with zero attached hydrogens (tertiary/aromatic N) is 3. The third-order valence-corrected chi connectivity index (χ3v) is 5.59. The lowest BCUT2D eigenvalue weighted by Crippen LogP contribution is -2.24. The van der Waals surface area contributed by atoms with E-state index in [2.05, 4.69) is 5.10 Å². The van der Waals surface area contributed by atoms with Crippen LogP contribution >= 0.6 is 34.8 Å². The molecule has 2 aromatic heterocycles. The van der Waals surface area contributed by atoms with E-state index in [0.717, 1.165) is 5.69 Å². The fourth-order valence-electron chi connectivity index (χ4n) is 3.08. The minimum Gasteiger partial charge on any atom is -0.477 e. The lowest BCUT2D eigenvalue weighted by Gasteiger charge is -2.20. The van der Waals surface area contributed by atoms with Crippen LogP contribution in [0.4, 0.5) is 0 Å². The molecule has 2 heterocycles. The minimum absolute atomic E-state index is 0.260. The van der Waals surface area contributed by atoms with E-state index in [1.165, 1.54) is 12.3 Å². The molecule has 6 nitrogen and oxygen atoms in total. The zero-order valence-electron chi connectivity index (χ0n) is 15.0. The van der Waals surface area contributed by atoms with Crippen molar-refractivity contribution in [1.29, 1.82) is 0 Å². The molecule has 0 bridgehead atoms. The molecule has 0 aliphatic heterocycles. The number of pyridine rings is 1. The Morgan fingerprint density at radius 3 is 2.39 bits per heavy atom. The molecule has 0 saturated carbocycles. The first-order valence-corrected chi connectivity index (χ1v) is 9.51. The van der Waals surface area contributed by atoms with Gasteiger partial charge in [-0.05, 0) is 26.0 Å². The zero-order valence-corrected chi connectivity index (χ0v) is 17.3. The van der Waals surface area contributed by atoms with Crippen LogP contribution in [0.5, 0.6) is 0 Å². The second-order valence-corrected chi connectivity index (χ2v) is 7.36. The van der Waals surface area contributed by atoms with Gasteiger partial charge in [0, 0.05) is 23.9 Å². The van der Waals surface area contributed by atoms with Crippen LogP contribution in [0.15, 0.2) is 35.3 Å². The van der Waals surface area contributed by atoms with E-state index in [0.29, 0.717) is 27.8 Å². The van der Waals surface area contributed by atoms with E-state index in [1.807, 2.05) is 13.8 Å². The van der Waals surface area contributed by atoms with E-state index in [1.54, 1.807) is 27.4 Å². The summed E-state index contributed by atoms with van der Waals surface area (Å²) in [6, 6.07) is 6.08. The Morgan fingerprint density at radius 1 is 1.14 bits per heavy atom. The highest BCUT2D eigenvalue weighted by Crippen LogP contribution is 2.31. The number of halogens is 3. The normalized spacial score (nSPS) is 11.0. The number of aromatic nitrogens is 3. The highest BCUT2D eigenvalue weighted by Gasteiger charge is 2.22. The predicted molar refractivity (Wildman–Crippen MR) is 110 cm³/mol. The Bertz CT molecular complexity index is 1140. The van der Waals surface area contributed by atoms with Crippen molar-refractivity contribution in [3.63, 3.8) is 0 Å². The molecule has 0 radical (unpaired) electrons. The lowest BCUT2D eigenvalue weighted by molar-refractivity contribution is 0.0695. The summed E-state index contributed by atoms with van der Waals surface area (Å²) in [6.45, 7) is 4.37. The fourth-order valence-corrected chi connectivity index (χ4v) is 3.52. The van der Waals surface area contributed by atoms with E-state index < -0.39 is 11.4 Å². The number of benzene rings is 1. The fraction of sp³-hybridized carbons (Fsp3) is 0.211. The van der Waals surface area contributed by atoms with Crippen LogP contribution in [0.25, 0.3) is 11.3 Å². The molecule has 0 unspecified atom stereocenters. The van der Waals surface area contributed by atoms with Crippen molar-refractivity contribution in [1.82, 2.24) is 14.3 Å². The summed E-state index contributed by atoms with van der Waals surface area (Å²) in [6.07, 6.45) is 1.52. The zero-order chi connectivity index (χ0) is 20.6. The third kappa shape index (κ3) is 3.68. The van der Waals surface area contributed by atoms with E-state index in [9.17, 15) is 14.7 Å². The Kier molecular flexibility index (Phi) is 5.84. The summed E-state index contributed by atoms with van der Waals surface area (Å²) >= 11 is 18.2. The number of rotatable bonds is 5. The van der Waals surface area contributed by atoms with E-state index in [-0.39, 0.29) is 22.8 Å². The monoisotopic (exact) mass is 439 g/mol. The summed E-state index contributed by atoms with van der Waals surface area (Å²) in [5, 5.41) is 15.0. The topological polar surface area (TPSA) is 77.1 Å². The standard InChI is InChI=1S/C19H16Cl3N3O3/c1-3-24-12(9-25-10(2)15(22)8-23-25)7-16(26)17(19(27)28)18(24)11-4-5-13(20)14(21)6-11/h4-8H,3,9H2,1-2H3,(H,27,28). The second kappa shape index (κ2) is 7.99. The van der Waals surface area contributed by atoms with Crippen LogP contribution in [0.1, 0.15) is 28.7 Å². The maximum Gasteiger partial charge on any atom is 0.341 e. The number of hydrogen-bond donors (Lipinski definition) is 1. The Balaban J connectivity index is 2.30. The van der Waals surface area contributed by atoms with Gasteiger partial charge in [0.25, 0.3) is 0 Å². The van der Waals surface area contributed by atoms with Gasteiger partial charge in [0.05, 0.1) is 39.2 Å². The molecule has 28 heavy (non-hydrogen) atoms. The molecule has 0 amide bonds. The summed E-state index contributed by atoms with van der Waals surface area (Å²) in [4.78, 5) is 24.5. The van der Waals surface area contributed by atoms with Gasteiger partial charge in [0.2, 0.25) is 0 Å². The van der Waals surface area contributed by atoms with Crippen LogP contribution in [0, 0.1) is 6.92 Å². The summed E-state index contributed by atoms with van der Waals surface area (Å²) in [5.41, 5.74) is 1.19. The molecule has 0 aliphatic carbocycles. The molecule has 3 aromatic rings. The summed E-state index contributed by atoms with van der Waals surface area (Å²) < 4.78 is 3.42. The first kappa shape index (κ1) is 20.5. The molecule has 0 aliphatic rings. The number of carboxylic acids is 1.